The van der Waals surface area contributed by atoms with E-state index in [1.807, 2.05) is 0 Å². The SMILES string of the molecule is CC(=N)N.CC(=O)O.Cl.NN. The van der Waals surface area contributed by atoms with Crippen LogP contribution in [0.1, 0.15) is 13.8 Å². The lowest BCUT2D eigenvalue weighted by Gasteiger charge is -1.66. The van der Waals surface area contributed by atoms with E-state index < -0.39 is 5.97 Å². The zero-order chi connectivity index (χ0) is 9.15. The topological polar surface area (TPSA) is 139 Å². The highest BCUT2D eigenvalue weighted by Gasteiger charge is 1.65. The minimum absolute atomic E-state index is 0. The molecule has 0 fully saturated rings. The first kappa shape index (κ1) is 22.5. The molecule has 0 saturated heterocycles. The van der Waals surface area contributed by atoms with E-state index in [-0.39, 0.29) is 18.2 Å². The van der Waals surface area contributed by atoms with Gasteiger partial charge in [-0.25, -0.2) is 0 Å². The minimum atomic E-state index is -0.833. The second kappa shape index (κ2) is 22.9. The van der Waals surface area contributed by atoms with E-state index in [0.717, 1.165) is 6.92 Å². The quantitative estimate of drug-likeness (QED) is 0.147. The molecule has 0 aromatic heterocycles. The highest BCUT2D eigenvalue weighted by atomic mass is 35.5. The van der Waals surface area contributed by atoms with Crippen molar-refractivity contribution in [2.75, 3.05) is 0 Å². The molecule has 70 valence electrons. The summed E-state index contributed by atoms with van der Waals surface area (Å²) in [5, 5.41) is 13.7. The molecule has 8 N–H and O–H groups in total. The second-order valence-electron chi connectivity index (χ2n) is 1.20. The van der Waals surface area contributed by atoms with E-state index in [1.54, 1.807) is 0 Å². The predicted molar refractivity (Wildman–Crippen MR) is 46.5 cm³/mol. The number of hydrazine groups is 1. The molecule has 0 bridgehead atoms. The summed E-state index contributed by atoms with van der Waals surface area (Å²) < 4.78 is 0. The van der Waals surface area contributed by atoms with Gasteiger partial charge in [-0.1, -0.05) is 0 Å². The lowest BCUT2D eigenvalue weighted by molar-refractivity contribution is -0.134. The lowest BCUT2D eigenvalue weighted by Crippen LogP contribution is -2.02. The Bertz CT molecular complexity index is 78.1. The van der Waals surface area contributed by atoms with Crippen molar-refractivity contribution >= 4 is 24.2 Å². The van der Waals surface area contributed by atoms with Crippen molar-refractivity contribution in [1.82, 2.24) is 0 Å². The van der Waals surface area contributed by atoms with Gasteiger partial charge < -0.3 is 10.8 Å². The van der Waals surface area contributed by atoms with Gasteiger partial charge in [-0.05, 0) is 6.92 Å². The summed E-state index contributed by atoms with van der Waals surface area (Å²) in [6, 6.07) is 0. The number of aliphatic carboxylic acids is 1. The van der Waals surface area contributed by atoms with E-state index >= 15 is 0 Å². The van der Waals surface area contributed by atoms with E-state index in [2.05, 4.69) is 11.7 Å². The number of hydrogen-bond acceptors (Lipinski definition) is 4. The summed E-state index contributed by atoms with van der Waals surface area (Å²) in [6.45, 7) is 2.61. The number of carbonyl (C=O) groups is 1. The maximum Gasteiger partial charge on any atom is 0.300 e. The number of rotatable bonds is 0. The van der Waals surface area contributed by atoms with Crippen molar-refractivity contribution in [3.05, 3.63) is 0 Å². The van der Waals surface area contributed by atoms with Crippen LogP contribution < -0.4 is 17.4 Å². The fraction of sp³-hybridized carbons (Fsp3) is 0.500. The van der Waals surface area contributed by atoms with Gasteiger partial charge in [0.05, 0.1) is 5.84 Å². The minimum Gasteiger partial charge on any atom is -0.481 e. The monoisotopic (exact) mass is 186 g/mol. The van der Waals surface area contributed by atoms with Crippen LogP contribution >= 0.6 is 12.4 Å². The molecule has 0 aliphatic rings. The van der Waals surface area contributed by atoms with Crippen molar-refractivity contribution in [3.8, 4) is 0 Å². The molecular formula is C4H15ClN4O2. The molecule has 0 atom stereocenters. The van der Waals surface area contributed by atoms with Crippen LogP contribution in [0.25, 0.3) is 0 Å². The first-order valence-electron chi connectivity index (χ1n) is 2.30. The maximum atomic E-state index is 9.00. The van der Waals surface area contributed by atoms with Gasteiger partial charge in [-0.3, -0.25) is 21.9 Å². The average molecular weight is 187 g/mol. The van der Waals surface area contributed by atoms with Crippen LogP contribution in [0.3, 0.4) is 0 Å². The number of nitrogens with one attached hydrogen (secondary N) is 1. The van der Waals surface area contributed by atoms with E-state index in [0.29, 0.717) is 0 Å². The average Bonchev–Trinajstić information content (AvgIpc) is 1.66. The van der Waals surface area contributed by atoms with Crippen molar-refractivity contribution in [3.63, 3.8) is 0 Å². The second-order valence-corrected chi connectivity index (χ2v) is 1.20. The van der Waals surface area contributed by atoms with Gasteiger partial charge in [0.15, 0.2) is 0 Å². The molecular weight excluding hydrogens is 172 g/mol. The zero-order valence-corrected chi connectivity index (χ0v) is 7.31. The third-order valence-corrected chi connectivity index (χ3v) is 0. The molecule has 0 aromatic rings. The Hall–Kier alpha value is -0.850. The van der Waals surface area contributed by atoms with Gasteiger partial charge in [0, 0.05) is 6.92 Å². The summed E-state index contributed by atoms with van der Waals surface area (Å²) in [5.74, 6) is 7.33. The van der Waals surface area contributed by atoms with Crippen LogP contribution in [0.5, 0.6) is 0 Å². The number of amidine groups is 1. The lowest BCUT2D eigenvalue weighted by atomic mass is 10.8. The number of nitrogens with two attached hydrogens (primary N) is 3. The molecule has 6 nitrogen and oxygen atoms in total. The van der Waals surface area contributed by atoms with Crippen molar-refractivity contribution in [2.45, 2.75) is 13.8 Å². The largest absolute Gasteiger partial charge is 0.481 e. The molecule has 0 heterocycles. The normalized spacial score (nSPS) is 5.09. The van der Waals surface area contributed by atoms with Gasteiger partial charge in [0.2, 0.25) is 0 Å². The molecule has 0 radical (unpaired) electrons. The molecule has 0 spiro atoms. The maximum absolute atomic E-state index is 9.00. The van der Waals surface area contributed by atoms with Crippen LogP contribution in [0.2, 0.25) is 0 Å². The van der Waals surface area contributed by atoms with Crippen LogP contribution in [0.15, 0.2) is 0 Å². The third kappa shape index (κ3) is 647. The van der Waals surface area contributed by atoms with Crippen LogP contribution in [-0.4, -0.2) is 16.9 Å². The Kier molecular flexibility index (Phi) is 46.8. The number of carboxylic acid groups (broad SMARTS) is 1. The zero-order valence-electron chi connectivity index (χ0n) is 6.50. The van der Waals surface area contributed by atoms with Crippen molar-refractivity contribution in [1.29, 1.82) is 5.41 Å². The van der Waals surface area contributed by atoms with Crippen LogP contribution in [0, 0.1) is 5.41 Å². The standard InChI is InChI=1S/C2H6N2.C2H4O2.ClH.H4N2/c2*1-2(3)4;;1-2/h1H3,(H3,3,4);1H3,(H,3,4);1H;1-2H2. The Morgan fingerprint density at radius 3 is 1.36 bits per heavy atom. The molecule has 0 aliphatic carbocycles. The summed E-state index contributed by atoms with van der Waals surface area (Å²) in [4.78, 5) is 9.00. The Balaban J connectivity index is -0.0000000339. The molecule has 0 amide bonds. The summed E-state index contributed by atoms with van der Waals surface area (Å²) >= 11 is 0. The van der Waals surface area contributed by atoms with Gasteiger partial charge >= 0.3 is 0 Å². The number of halogens is 1. The first-order chi connectivity index (χ1) is 4.46. The van der Waals surface area contributed by atoms with Crippen LogP contribution in [-0.2, 0) is 4.79 Å². The fourth-order valence-electron chi connectivity index (χ4n) is 0. The molecule has 0 aromatic carbocycles. The van der Waals surface area contributed by atoms with Gasteiger partial charge in [-0.2, -0.15) is 0 Å². The highest BCUT2D eigenvalue weighted by Crippen LogP contribution is 1.42. The van der Waals surface area contributed by atoms with Gasteiger partial charge in [-0.15, -0.1) is 12.4 Å². The Morgan fingerprint density at radius 1 is 1.36 bits per heavy atom. The molecule has 0 unspecified atom stereocenters. The van der Waals surface area contributed by atoms with E-state index in [9.17, 15) is 0 Å². The van der Waals surface area contributed by atoms with E-state index in [4.69, 9.17) is 21.0 Å². The van der Waals surface area contributed by atoms with Gasteiger partial charge in [0.1, 0.15) is 0 Å². The Morgan fingerprint density at radius 2 is 1.36 bits per heavy atom. The molecule has 0 saturated carbocycles. The number of hydrogen-bond donors (Lipinski definition) is 5. The van der Waals surface area contributed by atoms with Crippen molar-refractivity contribution in [2.24, 2.45) is 17.4 Å². The molecule has 7 heteroatoms. The van der Waals surface area contributed by atoms with E-state index in [1.165, 1.54) is 6.92 Å². The summed E-state index contributed by atoms with van der Waals surface area (Å²) in [6.07, 6.45) is 0. The first-order valence-corrected chi connectivity index (χ1v) is 2.30. The predicted octanol–water partition coefficient (Wildman–Crippen LogP) is -0.726. The summed E-state index contributed by atoms with van der Waals surface area (Å²) in [7, 11) is 0. The van der Waals surface area contributed by atoms with Crippen molar-refractivity contribution < 1.29 is 9.90 Å². The smallest absolute Gasteiger partial charge is 0.300 e. The molecule has 0 rings (SSSR count). The molecule has 11 heavy (non-hydrogen) atoms. The number of carboxylic acids is 1. The fourth-order valence-corrected chi connectivity index (χ4v) is 0. The third-order valence-electron chi connectivity index (χ3n) is 0. The van der Waals surface area contributed by atoms with Gasteiger partial charge in [0.25, 0.3) is 5.97 Å². The van der Waals surface area contributed by atoms with Crippen LogP contribution in [0.4, 0.5) is 0 Å². The summed E-state index contributed by atoms with van der Waals surface area (Å²) in [5.41, 5.74) is 4.69. The highest BCUT2D eigenvalue weighted by molar-refractivity contribution is 5.85. The Labute approximate surface area is 71.6 Å². The molecule has 0 aliphatic heterocycles.